The number of amides is 3. The van der Waals surface area contributed by atoms with Gasteiger partial charge in [0, 0.05) is 55.0 Å². The van der Waals surface area contributed by atoms with Crippen molar-refractivity contribution < 1.29 is 14.4 Å². The summed E-state index contributed by atoms with van der Waals surface area (Å²) in [5, 5.41) is 5.29. The number of carbonyl (C=O) groups excluding carboxylic acids is 3. The van der Waals surface area contributed by atoms with Crippen LogP contribution in [0.5, 0.6) is 0 Å². The smallest absolute Gasteiger partial charge is 0.313 e. The van der Waals surface area contributed by atoms with Crippen LogP contribution in [0.3, 0.4) is 0 Å². The van der Waals surface area contributed by atoms with E-state index in [1.165, 1.54) is 0 Å². The van der Waals surface area contributed by atoms with Gasteiger partial charge in [-0.05, 0) is 61.4 Å². The van der Waals surface area contributed by atoms with Crippen molar-refractivity contribution in [1.29, 1.82) is 0 Å². The van der Waals surface area contributed by atoms with Crippen LogP contribution in [-0.2, 0) is 9.59 Å². The van der Waals surface area contributed by atoms with E-state index in [0.29, 0.717) is 37.4 Å². The zero-order valence-electron chi connectivity index (χ0n) is 17.8. The van der Waals surface area contributed by atoms with Crippen molar-refractivity contribution in [2.75, 3.05) is 44.6 Å². The van der Waals surface area contributed by atoms with E-state index >= 15 is 0 Å². The first kappa shape index (κ1) is 23.0. The van der Waals surface area contributed by atoms with E-state index in [9.17, 15) is 14.4 Å². The van der Waals surface area contributed by atoms with Crippen LogP contribution in [0.25, 0.3) is 0 Å². The monoisotopic (exact) mass is 486 g/mol. The first-order valence-electron chi connectivity index (χ1n) is 10.3. The number of hydrogen-bond acceptors (Lipinski definition) is 4. The number of piperazine rings is 1. The van der Waals surface area contributed by atoms with Crippen molar-refractivity contribution in [2.45, 2.75) is 13.8 Å². The predicted molar refractivity (Wildman–Crippen MR) is 124 cm³/mol. The van der Waals surface area contributed by atoms with Gasteiger partial charge in [0.05, 0.1) is 0 Å². The summed E-state index contributed by atoms with van der Waals surface area (Å²) in [4.78, 5) is 40.7. The Labute approximate surface area is 190 Å². The fraction of sp³-hybridized carbons (Fsp3) is 0.348. The Morgan fingerprint density at radius 1 is 0.903 bits per heavy atom. The van der Waals surface area contributed by atoms with Crippen molar-refractivity contribution in [3.8, 4) is 0 Å². The van der Waals surface area contributed by atoms with E-state index in [4.69, 9.17) is 0 Å². The van der Waals surface area contributed by atoms with E-state index in [-0.39, 0.29) is 5.91 Å². The van der Waals surface area contributed by atoms with E-state index in [0.717, 1.165) is 28.7 Å². The Bertz CT molecular complexity index is 954. The molecule has 3 rings (SSSR count). The standard InChI is InChI=1S/C23H27BrN4O3/c1-16-3-8-20(15-17(16)2)26-22(30)21(29)25-9-10-27-11-13-28(14-12-27)23(31)18-4-6-19(24)7-5-18/h3-8,15H,9-14H2,1-2H3,(H,25,29)(H,26,30). The molecule has 2 N–H and O–H groups in total. The molecule has 0 spiro atoms. The van der Waals surface area contributed by atoms with Crippen molar-refractivity contribution in [1.82, 2.24) is 15.1 Å². The maximum atomic E-state index is 12.6. The highest BCUT2D eigenvalue weighted by Gasteiger charge is 2.22. The molecule has 7 nitrogen and oxygen atoms in total. The van der Waals surface area contributed by atoms with E-state index in [1.54, 1.807) is 6.07 Å². The topological polar surface area (TPSA) is 81.8 Å². The summed E-state index contributed by atoms with van der Waals surface area (Å²) in [5.41, 5.74) is 3.46. The molecule has 164 valence electrons. The molecular formula is C23H27BrN4O3. The minimum absolute atomic E-state index is 0.0310. The van der Waals surface area contributed by atoms with Gasteiger partial charge in [-0.25, -0.2) is 0 Å². The lowest BCUT2D eigenvalue weighted by Gasteiger charge is -2.34. The Kier molecular flexibility index (Phi) is 7.81. The van der Waals surface area contributed by atoms with Crippen molar-refractivity contribution in [3.63, 3.8) is 0 Å². The van der Waals surface area contributed by atoms with Gasteiger partial charge in [-0.15, -0.1) is 0 Å². The van der Waals surface area contributed by atoms with Gasteiger partial charge < -0.3 is 15.5 Å². The zero-order chi connectivity index (χ0) is 22.4. The fourth-order valence-corrected chi connectivity index (χ4v) is 3.63. The normalized spacial score (nSPS) is 14.2. The molecule has 0 unspecified atom stereocenters. The average molecular weight is 487 g/mol. The van der Waals surface area contributed by atoms with Gasteiger partial charge in [0.15, 0.2) is 0 Å². The van der Waals surface area contributed by atoms with Crippen LogP contribution in [-0.4, -0.2) is 66.8 Å². The first-order valence-corrected chi connectivity index (χ1v) is 11.1. The highest BCUT2D eigenvalue weighted by atomic mass is 79.9. The maximum Gasteiger partial charge on any atom is 0.313 e. The molecule has 0 saturated carbocycles. The number of rotatable bonds is 5. The summed E-state index contributed by atoms with van der Waals surface area (Å²) in [7, 11) is 0. The summed E-state index contributed by atoms with van der Waals surface area (Å²) >= 11 is 3.38. The van der Waals surface area contributed by atoms with Crippen LogP contribution in [0.4, 0.5) is 5.69 Å². The Balaban J connectivity index is 1.38. The molecule has 3 amide bonds. The van der Waals surface area contributed by atoms with Crippen molar-refractivity contribution >= 4 is 39.3 Å². The molecule has 0 aliphatic carbocycles. The number of nitrogens with zero attached hydrogens (tertiary/aromatic N) is 2. The number of hydrogen-bond donors (Lipinski definition) is 2. The highest BCUT2D eigenvalue weighted by Crippen LogP contribution is 2.15. The van der Waals surface area contributed by atoms with Crippen molar-refractivity contribution in [3.05, 3.63) is 63.6 Å². The third kappa shape index (κ3) is 6.38. The highest BCUT2D eigenvalue weighted by molar-refractivity contribution is 9.10. The second-order valence-corrected chi connectivity index (χ2v) is 8.57. The number of halogens is 1. The van der Waals surface area contributed by atoms with E-state index < -0.39 is 11.8 Å². The molecule has 1 fully saturated rings. The largest absolute Gasteiger partial charge is 0.347 e. The second kappa shape index (κ2) is 10.5. The summed E-state index contributed by atoms with van der Waals surface area (Å²) < 4.78 is 0.943. The second-order valence-electron chi connectivity index (χ2n) is 7.65. The van der Waals surface area contributed by atoms with Crippen LogP contribution >= 0.6 is 15.9 Å². The average Bonchev–Trinajstić information content (AvgIpc) is 2.76. The molecule has 2 aromatic carbocycles. The van der Waals surface area contributed by atoms with Gasteiger partial charge in [0.2, 0.25) is 0 Å². The van der Waals surface area contributed by atoms with Crippen LogP contribution in [0.2, 0.25) is 0 Å². The molecule has 0 atom stereocenters. The van der Waals surface area contributed by atoms with E-state index in [1.807, 2.05) is 55.1 Å². The summed E-state index contributed by atoms with van der Waals surface area (Å²) in [6, 6.07) is 12.9. The Hall–Kier alpha value is -2.71. The van der Waals surface area contributed by atoms with Crippen LogP contribution < -0.4 is 10.6 Å². The number of nitrogens with one attached hydrogen (secondary N) is 2. The van der Waals surface area contributed by atoms with Crippen LogP contribution in [0.15, 0.2) is 46.9 Å². The molecule has 2 aromatic rings. The third-order valence-electron chi connectivity index (χ3n) is 5.44. The minimum Gasteiger partial charge on any atom is -0.347 e. The van der Waals surface area contributed by atoms with Crippen molar-refractivity contribution in [2.24, 2.45) is 0 Å². The molecule has 0 bridgehead atoms. The van der Waals surface area contributed by atoms with Gasteiger partial charge >= 0.3 is 11.8 Å². The number of anilines is 1. The van der Waals surface area contributed by atoms with Gasteiger partial charge in [0.25, 0.3) is 5.91 Å². The number of aryl methyl sites for hydroxylation is 2. The molecule has 1 aliphatic rings. The van der Waals surface area contributed by atoms with Gasteiger partial charge in [0.1, 0.15) is 0 Å². The molecule has 0 radical (unpaired) electrons. The lowest BCUT2D eigenvalue weighted by atomic mass is 10.1. The molecule has 8 heteroatoms. The molecule has 1 saturated heterocycles. The Morgan fingerprint density at radius 2 is 1.58 bits per heavy atom. The lowest BCUT2D eigenvalue weighted by molar-refractivity contribution is -0.136. The molecular weight excluding hydrogens is 460 g/mol. The van der Waals surface area contributed by atoms with Gasteiger partial charge in [-0.2, -0.15) is 0 Å². The van der Waals surface area contributed by atoms with Crippen LogP contribution in [0, 0.1) is 13.8 Å². The molecule has 1 heterocycles. The number of carbonyl (C=O) groups is 3. The van der Waals surface area contributed by atoms with Crippen LogP contribution in [0.1, 0.15) is 21.5 Å². The van der Waals surface area contributed by atoms with Gasteiger partial charge in [-0.3, -0.25) is 19.3 Å². The quantitative estimate of drug-likeness (QED) is 0.636. The molecule has 0 aromatic heterocycles. The summed E-state index contributed by atoms with van der Waals surface area (Å²) in [6.45, 7) is 7.68. The fourth-order valence-electron chi connectivity index (χ4n) is 3.36. The summed E-state index contributed by atoms with van der Waals surface area (Å²) in [5.74, 6) is -1.29. The maximum absolute atomic E-state index is 12.6. The SMILES string of the molecule is Cc1ccc(NC(=O)C(=O)NCCN2CCN(C(=O)c3ccc(Br)cc3)CC2)cc1C. The lowest BCUT2D eigenvalue weighted by Crippen LogP contribution is -2.50. The first-order chi connectivity index (χ1) is 14.8. The van der Waals surface area contributed by atoms with E-state index in [2.05, 4.69) is 31.5 Å². The third-order valence-corrected chi connectivity index (χ3v) is 5.96. The molecule has 31 heavy (non-hydrogen) atoms. The predicted octanol–water partition coefficient (Wildman–Crippen LogP) is 2.58. The summed E-state index contributed by atoms with van der Waals surface area (Å²) in [6.07, 6.45) is 0. The van der Waals surface area contributed by atoms with Gasteiger partial charge in [-0.1, -0.05) is 22.0 Å². The number of benzene rings is 2. The Morgan fingerprint density at radius 3 is 2.23 bits per heavy atom. The zero-order valence-corrected chi connectivity index (χ0v) is 19.4. The molecule has 1 aliphatic heterocycles. The minimum atomic E-state index is -0.673.